The highest BCUT2D eigenvalue weighted by atomic mass is 31.1. The molecule has 3 atom stereocenters. The highest BCUT2D eigenvalue weighted by molar-refractivity contribution is 7.60. The van der Waals surface area contributed by atoms with E-state index >= 15 is 0 Å². The van der Waals surface area contributed by atoms with Gasteiger partial charge in [-0.3, -0.25) is 0 Å². The fourth-order valence-corrected chi connectivity index (χ4v) is 18.4. The molecule has 0 bridgehead atoms. The maximum absolute atomic E-state index is 2.57. The SMILES string of the molecule is Cp1c2ccccc2c2cccc(-c3cccc4c(-c5cccc6c5-c5ccccc5C65c6ccccc6-c6c5ccc5ccccc65)c5cccc(-c6cccc7c8ccccc8p(C)c67)c5cc34)c21. The predicted molar refractivity (Wildman–Crippen MR) is 309 cm³/mol. The van der Waals surface area contributed by atoms with E-state index in [2.05, 4.69) is 244 Å². The number of rotatable bonds is 3. The van der Waals surface area contributed by atoms with Crippen LogP contribution in [0.15, 0.2) is 231 Å². The first-order chi connectivity index (χ1) is 35.1. The van der Waals surface area contributed by atoms with Crippen molar-refractivity contribution in [3.63, 3.8) is 0 Å². The Hall–Kier alpha value is -7.98. The van der Waals surface area contributed by atoms with Crippen LogP contribution in [0.5, 0.6) is 0 Å². The molecule has 1 spiro atoms. The second-order valence-electron chi connectivity index (χ2n) is 19.9. The van der Waals surface area contributed by atoms with E-state index in [-0.39, 0.29) is 0 Å². The fourth-order valence-electron chi connectivity index (χ4n) is 14.0. The molecule has 2 heterocycles. The van der Waals surface area contributed by atoms with Gasteiger partial charge in [0.1, 0.15) is 0 Å². The number of fused-ring (bicyclic) bond motifs is 20. The Morgan fingerprint density at radius 3 is 1.27 bits per heavy atom. The van der Waals surface area contributed by atoms with Gasteiger partial charge in [-0.25, -0.2) is 0 Å². The van der Waals surface area contributed by atoms with Crippen molar-refractivity contribution in [2.45, 2.75) is 5.41 Å². The lowest BCUT2D eigenvalue weighted by Crippen LogP contribution is -2.25. The van der Waals surface area contributed by atoms with Gasteiger partial charge in [0.15, 0.2) is 0 Å². The summed E-state index contributed by atoms with van der Waals surface area (Å²) in [4.78, 5) is 0. The average Bonchev–Trinajstić information content (AvgIpc) is 4.12. The third-order valence-corrected chi connectivity index (χ3v) is 21.3. The van der Waals surface area contributed by atoms with Crippen molar-refractivity contribution >= 4 is 89.4 Å². The van der Waals surface area contributed by atoms with Crippen LogP contribution in [0.25, 0.3) is 130 Å². The number of hydrogen-bond donors (Lipinski definition) is 0. The molecular weight excluding hydrogens is 891 g/mol. The maximum Gasteiger partial charge on any atom is 0.0725 e. The summed E-state index contributed by atoms with van der Waals surface area (Å²) in [6.07, 6.45) is 0. The van der Waals surface area contributed by atoms with Gasteiger partial charge in [-0.05, 0) is 151 Å². The lowest BCUT2D eigenvalue weighted by molar-refractivity contribution is 0.794. The molecule has 0 fully saturated rings. The minimum Gasteiger partial charge on any atom is -0.111 e. The van der Waals surface area contributed by atoms with Crippen molar-refractivity contribution in [2.75, 3.05) is 0 Å². The van der Waals surface area contributed by atoms with E-state index in [9.17, 15) is 0 Å². The molecule has 0 nitrogen and oxygen atoms in total. The molecule has 2 heteroatoms. The lowest BCUT2D eigenvalue weighted by Gasteiger charge is -2.30. The highest BCUT2D eigenvalue weighted by Gasteiger charge is 2.52. The molecule has 0 radical (unpaired) electrons. The Bertz CT molecular complexity index is 4500. The van der Waals surface area contributed by atoms with E-state index in [4.69, 9.17) is 0 Å². The van der Waals surface area contributed by atoms with Crippen LogP contribution in [-0.4, -0.2) is 0 Å². The first-order valence-electron chi connectivity index (χ1n) is 24.9. The van der Waals surface area contributed by atoms with Crippen molar-refractivity contribution in [3.05, 3.63) is 253 Å². The van der Waals surface area contributed by atoms with Crippen LogP contribution in [0, 0.1) is 0 Å². The number of aryl methyl sites for hydroxylation is 2. The topological polar surface area (TPSA) is 0 Å². The summed E-state index contributed by atoms with van der Waals surface area (Å²) in [6, 6.07) is 88.8. The van der Waals surface area contributed by atoms with Crippen LogP contribution in [-0.2, 0) is 18.7 Å². The van der Waals surface area contributed by atoms with Crippen LogP contribution in [0.2, 0.25) is 0 Å². The molecule has 2 aliphatic rings. The van der Waals surface area contributed by atoms with Gasteiger partial charge in [-0.15, -0.1) is 15.1 Å². The fraction of sp³-hybridized carbons (Fsp3) is 0.0435. The molecule has 12 aromatic carbocycles. The van der Waals surface area contributed by atoms with Crippen LogP contribution in [0.3, 0.4) is 0 Å². The van der Waals surface area contributed by atoms with Gasteiger partial charge in [-0.2, -0.15) is 0 Å². The second kappa shape index (κ2) is 14.5. The molecule has 0 N–H and O–H groups in total. The Morgan fingerprint density at radius 1 is 0.254 bits per heavy atom. The van der Waals surface area contributed by atoms with Gasteiger partial charge in [0, 0.05) is 20.5 Å². The van der Waals surface area contributed by atoms with Gasteiger partial charge < -0.3 is 0 Å². The molecule has 0 saturated heterocycles. The van der Waals surface area contributed by atoms with Gasteiger partial charge in [0.05, 0.1) is 5.41 Å². The Labute approximate surface area is 414 Å². The second-order valence-corrected chi connectivity index (χ2v) is 24.0. The molecule has 2 aromatic heterocycles. The van der Waals surface area contributed by atoms with Gasteiger partial charge in [0.25, 0.3) is 0 Å². The van der Waals surface area contributed by atoms with Gasteiger partial charge >= 0.3 is 0 Å². The van der Waals surface area contributed by atoms with E-state index in [0.29, 0.717) is 0 Å². The van der Waals surface area contributed by atoms with E-state index in [1.54, 1.807) is 0 Å². The molecule has 330 valence electrons. The molecule has 0 aliphatic heterocycles. The third kappa shape index (κ3) is 5.07. The van der Waals surface area contributed by atoms with Crippen LogP contribution in [0.4, 0.5) is 0 Å². The zero-order valence-electron chi connectivity index (χ0n) is 39.3. The zero-order valence-corrected chi connectivity index (χ0v) is 41.1. The van der Waals surface area contributed by atoms with Crippen molar-refractivity contribution in [3.8, 4) is 55.6 Å². The highest BCUT2D eigenvalue weighted by Crippen LogP contribution is 2.66. The summed E-state index contributed by atoms with van der Waals surface area (Å²) >= 11 is 0. The first-order valence-corrected chi connectivity index (χ1v) is 28.5. The summed E-state index contributed by atoms with van der Waals surface area (Å²) < 4.78 is 0. The molecule has 16 rings (SSSR count). The number of hydrogen-bond acceptors (Lipinski definition) is 0. The maximum atomic E-state index is 2.57. The zero-order chi connectivity index (χ0) is 46.7. The van der Waals surface area contributed by atoms with Crippen molar-refractivity contribution in [1.29, 1.82) is 0 Å². The molecule has 0 amide bonds. The lowest BCUT2D eigenvalue weighted by atomic mass is 9.70. The van der Waals surface area contributed by atoms with Crippen LogP contribution in [0.1, 0.15) is 22.3 Å². The van der Waals surface area contributed by atoms with Gasteiger partial charge in [-0.1, -0.05) is 224 Å². The molecule has 0 saturated carbocycles. The monoisotopic (exact) mass is 934 g/mol. The smallest absolute Gasteiger partial charge is 0.0725 e. The normalized spacial score (nSPS) is 15.2. The molecule has 3 unspecified atom stereocenters. The van der Waals surface area contributed by atoms with E-state index < -0.39 is 20.5 Å². The number of benzene rings is 12. The van der Waals surface area contributed by atoms with E-state index in [0.717, 1.165) is 0 Å². The predicted octanol–water partition coefficient (Wildman–Crippen LogP) is 20.2. The summed E-state index contributed by atoms with van der Waals surface area (Å²) in [5, 5.41) is 19.2. The van der Waals surface area contributed by atoms with Crippen LogP contribution >= 0.6 is 15.1 Å². The van der Waals surface area contributed by atoms with E-state index in [1.807, 2.05) is 0 Å². The quantitative estimate of drug-likeness (QED) is 0.155. The summed E-state index contributed by atoms with van der Waals surface area (Å²) in [5.74, 6) is 0. The minimum absolute atomic E-state index is 0.482. The minimum atomic E-state index is -0.549. The van der Waals surface area contributed by atoms with Gasteiger partial charge in [0.2, 0.25) is 0 Å². The summed E-state index contributed by atoms with van der Waals surface area (Å²) in [7, 11) is -1.10. The Kier molecular flexibility index (Phi) is 8.16. The Morgan fingerprint density at radius 2 is 0.662 bits per heavy atom. The van der Waals surface area contributed by atoms with E-state index in [1.165, 1.54) is 152 Å². The standard InChI is InChI=1S/C69H44P2/c1-70-62-36-11-7-20-45(62)51-30-15-28-49(67(51)70)43-24-13-26-47-56(43)40-57-44(50-29-16-31-52-46-21-8-12-37-63(46)71(2)68(50)52)25-14-27-48(57)64(47)55-32-17-35-60-66(55)54-23-6-10-34-59(54)69(60)58-33-9-5-22-53(58)65-42-19-4-3-18-41(42)38-39-61(65)69/h3-40H,1-2H3. The Balaban J connectivity index is 1.06. The van der Waals surface area contributed by atoms with Crippen molar-refractivity contribution in [2.24, 2.45) is 13.3 Å². The molecule has 2 aliphatic carbocycles. The molecule has 71 heavy (non-hydrogen) atoms. The summed E-state index contributed by atoms with van der Waals surface area (Å²) in [6.45, 7) is 4.93. The summed E-state index contributed by atoms with van der Waals surface area (Å²) in [5.41, 5.74) is 18.2. The first kappa shape index (κ1) is 39.8. The molecule has 14 aromatic rings. The van der Waals surface area contributed by atoms with Crippen LogP contribution < -0.4 is 0 Å². The van der Waals surface area contributed by atoms with Crippen molar-refractivity contribution < 1.29 is 0 Å². The van der Waals surface area contributed by atoms with Crippen molar-refractivity contribution in [1.82, 2.24) is 0 Å². The largest absolute Gasteiger partial charge is 0.111 e. The third-order valence-electron chi connectivity index (χ3n) is 16.7. The molecular formula is C69H44P2. The average molecular weight is 935 g/mol.